The zero-order valence-corrected chi connectivity index (χ0v) is 10.4. The van der Waals surface area contributed by atoms with Gasteiger partial charge >= 0.3 is 0 Å². The lowest BCUT2D eigenvalue weighted by Gasteiger charge is -2.01. The monoisotopic (exact) mass is 251 g/mol. The number of hydrogen-bond donors (Lipinski definition) is 1. The second-order valence-corrected chi connectivity index (χ2v) is 5.36. The maximum atomic E-state index is 8.92. The van der Waals surface area contributed by atoms with Gasteiger partial charge < -0.3 is 5.11 Å². The van der Waals surface area contributed by atoms with E-state index in [1.807, 2.05) is 35.5 Å². The Morgan fingerprint density at radius 2 is 1.88 bits per heavy atom. The highest BCUT2D eigenvalue weighted by Gasteiger charge is 1.98. The zero-order valence-electron chi connectivity index (χ0n) is 8.80. The summed E-state index contributed by atoms with van der Waals surface area (Å²) in [4.78, 5) is 4.24. The standard InChI is InChI=1S/C12H13NOS2/c14-7-10-1-3-11(4-2-10)8-15-9-12-13-5-6-16-12/h1-6,14H,7-9H2. The van der Waals surface area contributed by atoms with Crippen LogP contribution in [0.5, 0.6) is 0 Å². The smallest absolute Gasteiger partial charge is 0.102 e. The molecule has 0 aliphatic carbocycles. The molecule has 2 nitrogen and oxygen atoms in total. The molecule has 0 radical (unpaired) electrons. The van der Waals surface area contributed by atoms with E-state index in [0.717, 1.165) is 17.1 Å². The summed E-state index contributed by atoms with van der Waals surface area (Å²) in [6, 6.07) is 8.08. The highest BCUT2D eigenvalue weighted by Crippen LogP contribution is 2.19. The molecular formula is C12H13NOS2. The lowest BCUT2D eigenvalue weighted by molar-refractivity contribution is 0.282. The van der Waals surface area contributed by atoms with E-state index < -0.39 is 0 Å². The SMILES string of the molecule is OCc1ccc(CSCc2nccs2)cc1. The van der Waals surface area contributed by atoms with Gasteiger partial charge in [0.2, 0.25) is 0 Å². The van der Waals surface area contributed by atoms with Gasteiger partial charge in [-0.05, 0) is 11.1 Å². The summed E-state index contributed by atoms with van der Waals surface area (Å²) in [7, 11) is 0. The van der Waals surface area contributed by atoms with E-state index in [4.69, 9.17) is 5.11 Å². The Labute approximate surface area is 103 Å². The Hall–Kier alpha value is -0.840. The van der Waals surface area contributed by atoms with Crippen LogP contribution in [0, 0.1) is 0 Å². The summed E-state index contributed by atoms with van der Waals surface area (Å²) in [5.41, 5.74) is 2.26. The van der Waals surface area contributed by atoms with Gasteiger partial charge in [-0.15, -0.1) is 23.1 Å². The summed E-state index contributed by atoms with van der Waals surface area (Å²) >= 11 is 3.56. The topological polar surface area (TPSA) is 33.1 Å². The fourth-order valence-corrected chi connectivity index (χ4v) is 3.02. The van der Waals surface area contributed by atoms with Crippen molar-refractivity contribution in [3.05, 3.63) is 52.0 Å². The van der Waals surface area contributed by atoms with Crippen molar-refractivity contribution in [3.8, 4) is 0 Å². The van der Waals surface area contributed by atoms with Crippen molar-refractivity contribution in [2.24, 2.45) is 0 Å². The molecule has 0 amide bonds. The van der Waals surface area contributed by atoms with Crippen LogP contribution in [-0.4, -0.2) is 10.1 Å². The third-order valence-corrected chi connectivity index (χ3v) is 4.16. The van der Waals surface area contributed by atoms with Crippen molar-refractivity contribution >= 4 is 23.1 Å². The van der Waals surface area contributed by atoms with E-state index >= 15 is 0 Å². The largest absolute Gasteiger partial charge is 0.392 e. The van der Waals surface area contributed by atoms with Crippen molar-refractivity contribution in [1.29, 1.82) is 0 Å². The molecule has 2 rings (SSSR count). The molecule has 0 atom stereocenters. The van der Waals surface area contributed by atoms with Crippen molar-refractivity contribution < 1.29 is 5.11 Å². The minimum atomic E-state index is 0.118. The molecule has 2 aromatic rings. The molecular weight excluding hydrogens is 238 g/mol. The van der Waals surface area contributed by atoms with Gasteiger partial charge in [0.25, 0.3) is 0 Å². The number of nitrogens with zero attached hydrogens (tertiary/aromatic N) is 1. The Balaban J connectivity index is 1.81. The summed E-state index contributed by atoms with van der Waals surface area (Å²) in [5, 5.41) is 12.1. The minimum Gasteiger partial charge on any atom is -0.392 e. The van der Waals surface area contributed by atoms with Gasteiger partial charge in [0, 0.05) is 23.1 Å². The van der Waals surface area contributed by atoms with Crippen LogP contribution in [-0.2, 0) is 18.1 Å². The van der Waals surface area contributed by atoms with Gasteiger partial charge in [0.05, 0.1) is 6.61 Å². The quantitative estimate of drug-likeness (QED) is 0.886. The molecule has 0 unspecified atom stereocenters. The molecule has 0 aliphatic rings. The van der Waals surface area contributed by atoms with E-state index in [-0.39, 0.29) is 6.61 Å². The molecule has 0 bridgehead atoms. The maximum absolute atomic E-state index is 8.92. The number of thiazole rings is 1. The molecule has 0 fully saturated rings. The average molecular weight is 251 g/mol. The van der Waals surface area contributed by atoms with Crippen LogP contribution >= 0.6 is 23.1 Å². The van der Waals surface area contributed by atoms with E-state index in [1.165, 1.54) is 10.6 Å². The van der Waals surface area contributed by atoms with Crippen molar-refractivity contribution in [2.45, 2.75) is 18.1 Å². The van der Waals surface area contributed by atoms with Crippen LogP contribution in [0.2, 0.25) is 0 Å². The summed E-state index contributed by atoms with van der Waals surface area (Å²) in [5.74, 6) is 1.96. The van der Waals surface area contributed by atoms with E-state index in [1.54, 1.807) is 11.3 Å². The molecule has 0 saturated heterocycles. The van der Waals surface area contributed by atoms with Crippen LogP contribution in [0.3, 0.4) is 0 Å². The van der Waals surface area contributed by atoms with Gasteiger partial charge in [0.15, 0.2) is 0 Å². The summed E-state index contributed by atoms with van der Waals surface area (Å²) in [6.45, 7) is 0.118. The molecule has 4 heteroatoms. The predicted molar refractivity (Wildman–Crippen MR) is 69.5 cm³/mol. The number of aliphatic hydroxyl groups is 1. The molecule has 1 aromatic heterocycles. The van der Waals surface area contributed by atoms with Gasteiger partial charge in [-0.25, -0.2) is 4.98 Å². The first kappa shape index (κ1) is 11.6. The van der Waals surface area contributed by atoms with Crippen molar-refractivity contribution in [2.75, 3.05) is 0 Å². The molecule has 0 aliphatic heterocycles. The Kier molecular flexibility index (Phi) is 4.39. The average Bonchev–Trinajstić information content (AvgIpc) is 2.83. The fourth-order valence-electron chi connectivity index (χ4n) is 1.32. The third kappa shape index (κ3) is 3.33. The zero-order chi connectivity index (χ0) is 11.2. The first-order chi connectivity index (χ1) is 7.88. The maximum Gasteiger partial charge on any atom is 0.102 e. The number of rotatable bonds is 5. The lowest BCUT2D eigenvalue weighted by atomic mass is 10.2. The highest BCUT2D eigenvalue weighted by atomic mass is 32.2. The Morgan fingerprint density at radius 3 is 2.50 bits per heavy atom. The van der Waals surface area contributed by atoms with Gasteiger partial charge in [0.1, 0.15) is 5.01 Å². The van der Waals surface area contributed by atoms with Crippen LogP contribution in [0.15, 0.2) is 35.8 Å². The fraction of sp³-hybridized carbons (Fsp3) is 0.250. The summed E-state index contributed by atoms with van der Waals surface area (Å²) < 4.78 is 0. The van der Waals surface area contributed by atoms with E-state index in [2.05, 4.69) is 17.1 Å². The second-order valence-electron chi connectivity index (χ2n) is 3.39. The molecule has 0 saturated carbocycles. The van der Waals surface area contributed by atoms with Crippen LogP contribution in [0.25, 0.3) is 0 Å². The van der Waals surface area contributed by atoms with E-state index in [9.17, 15) is 0 Å². The van der Waals surface area contributed by atoms with Gasteiger partial charge in [-0.2, -0.15) is 0 Å². The molecule has 16 heavy (non-hydrogen) atoms. The van der Waals surface area contributed by atoms with Crippen molar-refractivity contribution in [3.63, 3.8) is 0 Å². The molecule has 1 N–H and O–H groups in total. The minimum absolute atomic E-state index is 0.118. The molecule has 0 spiro atoms. The first-order valence-electron chi connectivity index (χ1n) is 5.03. The second kappa shape index (κ2) is 6.03. The third-order valence-electron chi connectivity index (χ3n) is 2.18. The van der Waals surface area contributed by atoms with Gasteiger partial charge in [-0.1, -0.05) is 24.3 Å². The first-order valence-corrected chi connectivity index (χ1v) is 7.06. The van der Waals surface area contributed by atoms with Crippen molar-refractivity contribution in [1.82, 2.24) is 4.98 Å². The molecule has 84 valence electrons. The van der Waals surface area contributed by atoms with Crippen LogP contribution < -0.4 is 0 Å². The lowest BCUT2D eigenvalue weighted by Crippen LogP contribution is -1.85. The number of thioether (sulfide) groups is 1. The van der Waals surface area contributed by atoms with E-state index in [0.29, 0.717) is 0 Å². The number of benzene rings is 1. The highest BCUT2D eigenvalue weighted by molar-refractivity contribution is 7.97. The Morgan fingerprint density at radius 1 is 1.12 bits per heavy atom. The van der Waals surface area contributed by atoms with Gasteiger partial charge in [-0.3, -0.25) is 0 Å². The Bertz CT molecular complexity index is 411. The normalized spacial score (nSPS) is 10.6. The predicted octanol–water partition coefficient (Wildman–Crippen LogP) is 3.07. The molecule has 1 aromatic carbocycles. The molecule has 1 heterocycles. The van der Waals surface area contributed by atoms with Crippen LogP contribution in [0.4, 0.5) is 0 Å². The number of aliphatic hydroxyl groups excluding tert-OH is 1. The number of hydrogen-bond acceptors (Lipinski definition) is 4. The summed E-state index contributed by atoms with van der Waals surface area (Å²) in [6.07, 6.45) is 1.84. The number of aromatic nitrogens is 1. The van der Waals surface area contributed by atoms with Crippen LogP contribution in [0.1, 0.15) is 16.1 Å².